The summed E-state index contributed by atoms with van der Waals surface area (Å²) in [5, 5.41) is 11.7. The Hall–Kier alpha value is -2.51. The van der Waals surface area contributed by atoms with Crippen LogP contribution in [0.15, 0.2) is 18.2 Å². The maximum atomic E-state index is 13.9. The fourth-order valence-electron chi connectivity index (χ4n) is 3.72. The van der Waals surface area contributed by atoms with Gasteiger partial charge in [-0.25, -0.2) is 8.78 Å². The van der Waals surface area contributed by atoms with Crippen LogP contribution in [0.4, 0.5) is 14.5 Å². The summed E-state index contributed by atoms with van der Waals surface area (Å²) in [5.41, 5.74) is -0.405. The molecule has 1 saturated heterocycles. The van der Waals surface area contributed by atoms with Crippen molar-refractivity contribution in [3.63, 3.8) is 0 Å². The number of para-hydroxylation sites is 1. The zero-order valence-electron chi connectivity index (χ0n) is 14.1. The van der Waals surface area contributed by atoms with E-state index in [2.05, 4.69) is 5.32 Å². The number of nitrogens with zero attached hydrogens (tertiary/aromatic N) is 1. The lowest BCUT2D eigenvalue weighted by Gasteiger charge is -2.26. The number of carboxylic acid groups (broad SMARTS) is 1. The smallest absolute Gasteiger partial charge is 0.306 e. The van der Waals surface area contributed by atoms with Gasteiger partial charge in [0.1, 0.15) is 23.4 Å². The Morgan fingerprint density at radius 3 is 2.42 bits per heavy atom. The normalized spacial score (nSPS) is 26.0. The van der Waals surface area contributed by atoms with Gasteiger partial charge in [-0.15, -0.1) is 0 Å². The van der Waals surface area contributed by atoms with E-state index in [9.17, 15) is 23.2 Å². The Morgan fingerprint density at radius 2 is 1.77 bits per heavy atom. The first-order chi connectivity index (χ1) is 12.4. The van der Waals surface area contributed by atoms with E-state index >= 15 is 0 Å². The third-order valence-electron chi connectivity index (χ3n) is 5.12. The van der Waals surface area contributed by atoms with Crippen LogP contribution in [-0.2, 0) is 14.4 Å². The molecule has 26 heavy (non-hydrogen) atoms. The Bertz CT molecular complexity index is 720. The summed E-state index contributed by atoms with van der Waals surface area (Å²) >= 11 is 0. The molecule has 0 radical (unpaired) electrons. The van der Waals surface area contributed by atoms with Gasteiger partial charge < -0.3 is 15.3 Å². The van der Waals surface area contributed by atoms with Crippen LogP contribution >= 0.6 is 0 Å². The van der Waals surface area contributed by atoms with Crippen molar-refractivity contribution >= 4 is 23.5 Å². The molecular formula is C18H20F2N2O4. The van der Waals surface area contributed by atoms with Crippen molar-refractivity contribution in [1.82, 2.24) is 5.32 Å². The van der Waals surface area contributed by atoms with Crippen molar-refractivity contribution in [2.45, 2.75) is 38.1 Å². The second kappa shape index (κ2) is 7.39. The summed E-state index contributed by atoms with van der Waals surface area (Å²) in [4.78, 5) is 37.0. The number of benzene rings is 1. The predicted octanol–water partition coefficient (Wildman–Crippen LogP) is 2.08. The molecule has 3 atom stereocenters. The minimum absolute atomic E-state index is 0.101. The third kappa shape index (κ3) is 3.54. The van der Waals surface area contributed by atoms with E-state index in [1.54, 1.807) is 0 Å². The van der Waals surface area contributed by atoms with Crippen LogP contribution < -0.4 is 10.2 Å². The number of nitrogens with one attached hydrogen (secondary N) is 1. The zero-order chi connectivity index (χ0) is 18.8. The van der Waals surface area contributed by atoms with Crippen molar-refractivity contribution in [1.29, 1.82) is 0 Å². The standard InChI is InChI=1S/C18H20F2N2O4/c19-12-5-2-6-13(20)15(12)22-8-7-14(17(22)24)21-16(23)10-3-1-4-11(9-10)18(25)26/h2,5-6,10-11,14H,1,3-4,7-9H2,(H,21,23)(H,25,26). The highest BCUT2D eigenvalue weighted by Gasteiger charge is 2.38. The van der Waals surface area contributed by atoms with E-state index in [-0.39, 0.29) is 25.3 Å². The van der Waals surface area contributed by atoms with Gasteiger partial charge in [0.25, 0.3) is 0 Å². The lowest BCUT2D eigenvalue weighted by molar-refractivity contribution is -0.144. The highest BCUT2D eigenvalue weighted by atomic mass is 19.1. The Balaban J connectivity index is 1.65. The van der Waals surface area contributed by atoms with E-state index in [4.69, 9.17) is 5.11 Å². The fraction of sp³-hybridized carbons (Fsp3) is 0.500. The molecule has 1 aliphatic heterocycles. The molecule has 3 unspecified atom stereocenters. The molecule has 1 aliphatic carbocycles. The van der Waals surface area contributed by atoms with Gasteiger partial charge in [-0.05, 0) is 37.8 Å². The molecule has 1 saturated carbocycles. The minimum Gasteiger partial charge on any atom is -0.481 e. The van der Waals surface area contributed by atoms with Crippen molar-refractivity contribution in [3.05, 3.63) is 29.8 Å². The quantitative estimate of drug-likeness (QED) is 0.854. The number of amides is 2. The lowest BCUT2D eigenvalue weighted by Crippen LogP contribution is -2.45. The van der Waals surface area contributed by atoms with Crippen LogP contribution in [0.5, 0.6) is 0 Å². The summed E-state index contributed by atoms with van der Waals surface area (Å²) < 4.78 is 27.8. The molecule has 1 aromatic rings. The topological polar surface area (TPSA) is 86.7 Å². The van der Waals surface area contributed by atoms with Crippen molar-refractivity contribution in [2.75, 3.05) is 11.4 Å². The maximum absolute atomic E-state index is 13.9. The monoisotopic (exact) mass is 366 g/mol. The SMILES string of the molecule is O=C(O)C1CCCC(C(=O)NC2CCN(c3c(F)cccc3F)C2=O)C1. The molecule has 1 heterocycles. The van der Waals surface area contributed by atoms with Gasteiger partial charge in [-0.3, -0.25) is 14.4 Å². The van der Waals surface area contributed by atoms with E-state index in [0.29, 0.717) is 19.3 Å². The first-order valence-electron chi connectivity index (χ1n) is 8.67. The molecule has 2 N–H and O–H groups in total. The van der Waals surface area contributed by atoms with Crippen molar-refractivity contribution < 1.29 is 28.3 Å². The molecule has 3 rings (SSSR count). The average molecular weight is 366 g/mol. The van der Waals surface area contributed by atoms with E-state index in [0.717, 1.165) is 17.0 Å². The molecular weight excluding hydrogens is 346 g/mol. The number of hydrogen-bond donors (Lipinski definition) is 2. The number of rotatable bonds is 4. The van der Waals surface area contributed by atoms with Gasteiger partial charge in [0.15, 0.2) is 0 Å². The Kier molecular flexibility index (Phi) is 5.20. The zero-order valence-corrected chi connectivity index (χ0v) is 14.1. The van der Waals surface area contributed by atoms with Crippen LogP contribution in [-0.4, -0.2) is 35.5 Å². The molecule has 2 amide bonds. The van der Waals surface area contributed by atoms with Crippen LogP contribution in [0.25, 0.3) is 0 Å². The number of carbonyl (C=O) groups is 3. The second-order valence-electron chi connectivity index (χ2n) is 6.81. The number of anilines is 1. The first kappa shape index (κ1) is 18.3. The number of carboxylic acids is 1. The number of aliphatic carboxylic acids is 1. The van der Waals surface area contributed by atoms with Gasteiger partial charge in [-0.2, -0.15) is 0 Å². The predicted molar refractivity (Wildman–Crippen MR) is 88.3 cm³/mol. The molecule has 2 aliphatic rings. The van der Waals surface area contributed by atoms with Crippen LogP contribution in [0, 0.1) is 23.5 Å². The highest BCUT2D eigenvalue weighted by molar-refractivity contribution is 6.01. The summed E-state index contributed by atoms with van der Waals surface area (Å²) in [5.74, 6) is -4.53. The van der Waals surface area contributed by atoms with Crippen LogP contribution in [0.3, 0.4) is 0 Å². The third-order valence-corrected chi connectivity index (χ3v) is 5.12. The summed E-state index contributed by atoms with van der Waals surface area (Å²) in [6.07, 6.45) is 2.24. The molecule has 0 bridgehead atoms. The Labute approximate surface area is 149 Å². The van der Waals surface area contributed by atoms with Gasteiger partial charge in [0.2, 0.25) is 11.8 Å². The average Bonchev–Trinajstić information content (AvgIpc) is 2.95. The van der Waals surface area contributed by atoms with Crippen LogP contribution in [0.1, 0.15) is 32.1 Å². The molecule has 140 valence electrons. The summed E-state index contributed by atoms with van der Waals surface area (Å²) in [6.45, 7) is 0.101. The number of hydrogen-bond acceptors (Lipinski definition) is 3. The summed E-state index contributed by atoms with van der Waals surface area (Å²) in [6, 6.07) is 2.51. The molecule has 6 nitrogen and oxygen atoms in total. The lowest BCUT2D eigenvalue weighted by atomic mass is 9.81. The number of carbonyl (C=O) groups excluding carboxylic acids is 2. The van der Waals surface area contributed by atoms with E-state index < -0.39 is 47.1 Å². The second-order valence-corrected chi connectivity index (χ2v) is 6.81. The van der Waals surface area contributed by atoms with Gasteiger partial charge in [0, 0.05) is 12.5 Å². The Morgan fingerprint density at radius 1 is 1.12 bits per heavy atom. The number of halogens is 2. The van der Waals surface area contributed by atoms with Crippen molar-refractivity contribution in [3.8, 4) is 0 Å². The minimum atomic E-state index is -0.916. The molecule has 0 spiro atoms. The summed E-state index contributed by atoms with van der Waals surface area (Å²) in [7, 11) is 0. The largest absolute Gasteiger partial charge is 0.481 e. The van der Waals surface area contributed by atoms with Crippen molar-refractivity contribution in [2.24, 2.45) is 11.8 Å². The molecule has 8 heteroatoms. The fourth-order valence-corrected chi connectivity index (χ4v) is 3.72. The van der Waals surface area contributed by atoms with Crippen LogP contribution in [0.2, 0.25) is 0 Å². The van der Waals surface area contributed by atoms with Gasteiger partial charge in [0.05, 0.1) is 5.92 Å². The molecule has 0 aromatic heterocycles. The first-order valence-corrected chi connectivity index (χ1v) is 8.67. The highest BCUT2D eigenvalue weighted by Crippen LogP contribution is 2.31. The van der Waals surface area contributed by atoms with E-state index in [1.165, 1.54) is 6.07 Å². The van der Waals surface area contributed by atoms with Gasteiger partial charge in [-0.1, -0.05) is 12.5 Å². The maximum Gasteiger partial charge on any atom is 0.306 e. The van der Waals surface area contributed by atoms with Gasteiger partial charge >= 0.3 is 5.97 Å². The molecule has 1 aromatic carbocycles. The molecule has 2 fully saturated rings. The van der Waals surface area contributed by atoms with E-state index in [1.807, 2.05) is 0 Å².